The number of sulfonamides is 1. The summed E-state index contributed by atoms with van der Waals surface area (Å²) in [5, 5.41) is 0. The van der Waals surface area contributed by atoms with Gasteiger partial charge in [0.1, 0.15) is 5.69 Å². The van der Waals surface area contributed by atoms with E-state index in [9.17, 15) is 17.2 Å². The second-order valence-electron chi connectivity index (χ2n) is 3.75. The van der Waals surface area contributed by atoms with Gasteiger partial charge in [-0.1, -0.05) is 13.8 Å². The zero-order valence-corrected chi connectivity index (χ0v) is 9.68. The highest BCUT2D eigenvalue weighted by atomic mass is 32.2. The first-order valence-electron chi connectivity index (χ1n) is 4.62. The fourth-order valence-electron chi connectivity index (χ4n) is 1.14. The summed E-state index contributed by atoms with van der Waals surface area (Å²) < 4.78 is 50.4. The van der Waals surface area contributed by atoms with E-state index in [1.165, 1.54) is 0 Å². The highest BCUT2D eigenvalue weighted by Crippen LogP contribution is 2.14. The summed E-state index contributed by atoms with van der Waals surface area (Å²) in [7, 11) is -3.62. The molecule has 0 bridgehead atoms. The van der Waals surface area contributed by atoms with Gasteiger partial charge in [-0.3, -0.25) is 4.72 Å². The standard InChI is InChI=1S/C9H12F2N2O2S/c1-6(2)5-16(14,15)13-7-3-4-8(10)12-9(7)11/h3-4,6,13H,5H2,1-2H3. The third-order valence-electron chi connectivity index (χ3n) is 1.63. The Balaban J connectivity index is 2.88. The maximum absolute atomic E-state index is 13.0. The van der Waals surface area contributed by atoms with Crippen LogP contribution in [0.1, 0.15) is 13.8 Å². The summed E-state index contributed by atoms with van der Waals surface area (Å²) >= 11 is 0. The van der Waals surface area contributed by atoms with E-state index in [-0.39, 0.29) is 17.4 Å². The molecule has 0 atom stereocenters. The lowest BCUT2D eigenvalue weighted by Crippen LogP contribution is -2.21. The van der Waals surface area contributed by atoms with Crippen LogP contribution in [-0.2, 0) is 10.0 Å². The molecule has 16 heavy (non-hydrogen) atoms. The topological polar surface area (TPSA) is 59.1 Å². The van der Waals surface area contributed by atoms with Crippen LogP contribution in [0, 0.1) is 17.8 Å². The lowest BCUT2D eigenvalue weighted by atomic mass is 10.3. The Labute approximate surface area is 92.8 Å². The fraction of sp³-hybridized carbons (Fsp3) is 0.444. The highest BCUT2D eigenvalue weighted by Gasteiger charge is 2.15. The van der Waals surface area contributed by atoms with Crippen molar-refractivity contribution in [1.82, 2.24) is 4.98 Å². The van der Waals surface area contributed by atoms with Gasteiger partial charge in [-0.15, -0.1) is 0 Å². The number of aromatic nitrogens is 1. The van der Waals surface area contributed by atoms with E-state index in [0.717, 1.165) is 12.1 Å². The molecule has 0 spiro atoms. The predicted molar refractivity (Wildman–Crippen MR) is 56.4 cm³/mol. The lowest BCUT2D eigenvalue weighted by molar-refractivity contribution is 0.515. The summed E-state index contributed by atoms with van der Waals surface area (Å²) in [5.74, 6) is -2.39. The second-order valence-corrected chi connectivity index (χ2v) is 5.52. The first-order valence-corrected chi connectivity index (χ1v) is 6.28. The van der Waals surface area contributed by atoms with Crippen molar-refractivity contribution in [3.8, 4) is 0 Å². The van der Waals surface area contributed by atoms with Crippen LogP contribution in [0.4, 0.5) is 14.5 Å². The van der Waals surface area contributed by atoms with Gasteiger partial charge in [-0.05, 0) is 18.1 Å². The van der Waals surface area contributed by atoms with Gasteiger partial charge in [-0.2, -0.15) is 13.8 Å². The molecule has 1 N–H and O–H groups in total. The minimum absolute atomic E-state index is 0.0889. The number of hydrogen-bond acceptors (Lipinski definition) is 3. The summed E-state index contributed by atoms with van der Waals surface area (Å²) in [4.78, 5) is 2.88. The van der Waals surface area contributed by atoms with Crippen molar-refractivity contribution in [3.05, 3.63) is 24.0 Å². The third-order valence-corrected chi connectivity index (χ3v) is 3.27. The highest BCUT2D eigenvalue weighted by molar-refractivity contribution is 7.92. The van der Waals surface area contributed by atoms with Crippen molar-refractivity contribution in [2.24, 2.45) is 5.92 Å². The molecule has 0 saturated heterocycles. The zero-order valence-electron chi connectivity index (χ0n) is 8.87. The number of nitrogens with zero attached hydrogens (tertiary/aromatic N) is 1. The number of nitrogens with one attached hydrogen (secondary N) is 1. The Morgan fingerprint density at radius 1 is 1.38 bits per heavy atom. The molecule has 1 aromatic heterocycles. The van der Waals surface area contributed by atoms with E-state index < -0.39 is 21.9 Å². The van der Waals surface area contributed by atoms with Crippen molar-refractivity contribution < 1.29 is 17.2 Å². The average molecular weight is 250 g/mol. The van der Waals surface area contributed by atoms with Crippen LogP contribution in [0.15, 0.2) is 12.1 Å². The molecule has 0 saturated carbocycles. The quantitative estimate of drug-likeness (QED) is 0.828. The van der Waals surface area contributed by atoms with Gasteiger partial charge in [0.25, 0.3) is 0 Å². The van der Waals surface area contributed by atoms with E-state index in [0.29, 0.717) is 0 Å². The molecular formula is C9H12F2N2O2S. The van der Waals surface area contributed by atoms with Crippen LogP contribution in [0.2, 0.25) is 0 Å². The van der Waals surface area contributed by atoms with Gasteiger partial charge in [-0.25, -0.2) is 8.42 Å². The van der Waals surface area contributed by atoms with Crippen molar-refractivity contribution in [2.45, 2.75) is 13.8 Å². The Morgan fingerprint density at radius 2 is 2.00 bits per heavy atom. The van der Waals surface area contributed by atoms with Crippen LogP contribution < -0.4 is 4.72 Å². The van der Waals surface area contributed by atoms with Gasteiger partial charge in [0.15, 0.2) is 0 Å². The molecule has 0 amide bonds. The molecule has 4 nitrogen and oxygen atoms in total. The molecule has 1 aromatic rings. The molecule has 1 heterocycles. The predicted octanol–water partition coefficient (Wildman–Crippen LogP) is 1.76. The van der Waals surface area contributed by atoms with Crippen LogP contribution in [0.25, 0.3) is 0 Å². The molecule has 0 aliphatic heterocycles. The van der Waals surface area contributed by atoms with Crippen LogP contribution in [0.3, 0.4) is 0 Å². The molecule has 1 rings (SSSR count). The van der Waals surface area contributed by atoms with Crippen molar-refractivity contribution in [2.75, 3.05) is 10.5 Å². The molecule has 0 aliphatic rings. The summed E-state index contributed by atoms with van der Waals surface area (Å²) in [6.45, 7) is 3.44. The maximum atomic E-state index is 13.0. The molecule has 0 radical (unpaired) electrons. The number of anilines is 1. The third kappa shape index (κ3) is 3.73. The minimum atomic E-state index is -3.62. The van der Waals surface area contributed by atoms with Crippen molar-refractivity contribution >= 4 is 15.7 Å². The van der Waals surface area contributed by atoms with E-state index >= 15 is 0 Å². The average Bonchev–Trinajstić information content (AvgIpc) is 2.07. The molecule has 90 valence electrons. The van der Waals surface area contributed by atoms with Gasteiger partial charge < -0.3 is 0 Å². The minimum Gasteiger partial charge on any atom is -0.279 e. The fourth-order valence-corrected chi connectivity index (χ4v) is 2.58. The molecule has 0 aliphatic carbocycles. The molecule has 7 heteroatoms. The summed E-state index contributed by atoms with van der Waals surface area (Å²) in [5.41, 5.74) is -0.345. The van der Waals surface area contributed by atoms with Crippen LogP contribution in [-0.4, -0.2) is 19.2 Å². The number of rotatable bonds is 4. The first-order chi connectivity index (χ1) is 7.30. The number of hydrogen-bond donors (Lipinski definition) is 1. The Bertz CT molecular complexity index is 474. The summed E-state index contributed by atoms with van der Waals surface area (Å²) in [6, 6.07) is 1.88. The Hall–Kier alpha value is -1.24. The smallest absolute Gasteiger partial charge is 0.239 e. The van der Waals surface area contributed by atoms with Gasteiger partial charge in [0.05, 0.1) is 5.75 Å². The van der Waals surface area contributed by atoms with Gasteiger partial charge in [0, 0.05) is 0 Å². The van der Waals surface area contributed by atoms with Gasteiger partial charge in [0.2, 0.25) is 21.9 Å². The van der Waals surface area contributed by atoms with Crippen molar-refractivity contribution in [3.63, 3.8) is 0 Å². The monoisotopic (exact) mass is 250 g/mol. The largest absolute Gasteiger partial charge is 0.279 e. The SMILES string of the molecule is CC(C)CS(=O)(=O)Nc1ccc(F)nc1F. The zero-order chi connectivity index (χ0) is 12.3. The van der Waals surface area contributed by atoms with E-state index in [2.05, 4.69) is 4.98 Å². The normalized spacial score (nSPS) is 11.8. The van der Waals surface area contributed by atoms with Gasteiger partial charge >= 0.3 is 0 Å². The Morgan fingerprint density at radius 3 is 2.50 bits per heavy atom. The van der Waals surface area contributed by atoms with Crippen LogP contribution in [0.5, 0.6) is 0 Å². The second kappa shape index (κ2) is 4.73. The molecular weight excluding hydrogens is 238 g/mol. The number of halogens is 2. The first kappa shape index (κ1) is 12.8. The van der Waals surface area contributed by atoms with E-state index in [1.54, 1.807) is 13.8 Å². The van der Waals surface area contributed by atoms with Crippen LogP contribution >= 0.6 is 0 Å². The van der Waals surface area contributed by atoms with E-state index in [4.69, 9.17) is 0 Å². The Kier molecular flexibility index (Phi) is 3.79. The molecule has 0 aromatic carbocycles. The summed E-state index contributed by atoms with van der Waals surface area (Å²) in [6.07, 6.45) is 0. The van der Waals surface area contributed by atoms with E-state index in [1.807, 2.05) is 4.72 Å². The molecule has 0 fully saturated rings. The molecule has 0 unspecified atom stereocenters. The number of pyridine rings is 1. The lowest BCUT2D eigenvalue weighted by Gasteiger charge is -2.09. The maximum Gasteiger partial charge on any atom is 0.239 e. The van der Waals surface area contributed by atoms with Crippen molar-refractivity contribution in [1.29, 1.82) is 0 Å².